The molecule has 0 aliphatic carbocycles. The summed E-state index contributed by atoms with van der Waals surface area (Å²) in [6.07, 6.45) is 0.602. The molecule has 0 radical (unpaired) electrons. The molecule has 2 heterocycles. The molecule has 0 atom stereocenters. The normalized spacial score (nSPS) is 10.6. The van der Waals surface area contributed by atoms with Crippen LogP contribution in [-0.2, 0) is 16.1 Å². The maximum Gasteiger partial charge on any atom is 0.348 e. The van der Waals surface area contributed by atoms with Crippen LogP contribution in [0.1, 0.15) is 67.7 Å². The van der Waals surface area contributed by atoms with Gasteiger partial charge in [-0.15, -0.1) is 11.3 Å². The summed E-state index contributed by atoms with van der Waals surface area (Å²) >= 11 is 0.901. The lowest BCUT2D eigenvalue weighted by molar-refractivity contribution is -0.386. The quantitative estimate of drug-likeness (QED) is 0.194. The Balaban J connectivity index is 1.78. The molecule has 1 aromatic carbocycles. The van der Waals surface area contributed by atoms with Crippen molar-refractivity contribution in [2.24, 2.45) is 0 Å². The minimum atomic E-state index is -0.672. The number of anilines is 1. The Morgan fingerprint density at radius 3 is 2.51 bits per heavy atom. The van der Waals surface area contributed by atoms with Crippen LogP contribution in [0.5, 0.6) is 5.75 Å². The predicted octanol–water partition coefficient (Wildman–Crippen LogP) is 5.44. The number of nitrogens with zero attached hydrogens (tertiary/aromatic N) is 1. The van der Waals surface area contributed by atoms with E-state index < -0.39 is 22.8 Å². The van der Waals surface area contributed by atoms with Gasteiger partial charge in [-0.2, -0.15) is 0 Å². The highest BCUT2D eigenvalue weighted by atomic mass is 32.1. The van der Waals surface area contributed by atoms with Crippen LogP contribution in [0.15, 0.2) is 34.7 Å². The van der Waals surface area contributed by atoms with Crippen molar-refractivity contribution in [1.29, 1.82) is 0 Å². The van der Waals surface area contributed by atoms with Gasteiger partial charge in [-0.1, -0.05) is 13.0 Å². The SMILES string of the molecule is CCCOC(=O)c1c(NC(=O)c2ccc(COc3ccc(C)cc3[N+](=O)[O-])o2)sc(C(=O)OCC)c1C. The van der Waals surface area contributed by atoms with Gasteiger partial charge in [0, 0.05) is 6.07 Å². The molecule has 196 valence electrons. The van der Waals surface area contributed by atoms with Crippen molar-refractivity contribution in [3.63, 3.8) is 0 Å². The lowest BCUT2D eigenvalue weighted by Crippen LogP contribution is -2.14. The first-order chi connectivity index (χ1) is 17.7. The van der Waals surface area contributed by atoms with E-state index in [1.807, 2.05) is 6.92 Å². The number of nitrogens with one attached hydrogen (secondary N) is 1. The molecule has 1 N–H and O–H groups in total. The van der Waals surface area contributed by atoms with E-state index in [0.29, 0.717) is 17.5 Å². The van der Waals surface area contributed by atoms with Crippen molar-refractivity contribution in [3.05, 3.63) is 73.5 Å². The number of hydrogen-bond donors (Lipinski definition) is 1. The number of ether oxygens (including phenoxy) is 3. The Bertz CT molecular complexity index is 1330. The van der Waals surface area contributed by atoms with Crippen molar-refractivity contribution in [2.75, 3.05) is 18.5 Å². The summed E-state index contributed by atoms with van der Waals surface area (Å²) in [5.41, 5.74) is 0.936. The summed E-state index contributed by atoms with van der Waals surface area (Å²) in [6, 6.07) is 7.46. The molecule has 3 aromatic rings. The lowest BCUT2D eigenvalue weighted by atomic mass is 10.1. The van der Waals surface area contributed by atoms with Crippen LogP contribution in [-0.4, -0.2) is 36.0 Å². The maximum atomic E-state index is 12.9. The van der Waals surface area contributed by atoms with E-state index in [4.69, 9.17) is 18.6 Å². The minimum absolute atomic E-state index is 0.0637. The van der Waals surface area contributed by atoms with Crippen LogP contribution in [0.2, 0.25) is 0 Å². The first-order valence-electron chi connectivity index (χ1n) is 11.4. The first kappa shape index (κ1) is 27.4. The summed E-state index contributed by atoms with van der Waals surface area (Å²) < 4.78 is 21.4. The average molecular weight is 531 g/mol. The van der Waals surface area contributed by atoms with Crippen molar-refractivity contribution in [1.82, 2.24) is 0 Å². The summed E-state index contributed by atoms with van der Waals surface area (Å²) in [6.45, 7) is 6.98. The molecule has 2 aromatic heterocycles. The molecule has 0 saturated heterocycles. The van der Waals surface area contributed by atoms with Crippen LogP contribution in [0.4, 0.5) is 10.7 Å². The summed E-state index contributed by atoms with van der Waals surface area (Å²) in [4.78, 5) is 48.8. The van der Waals surface area contributed by atoms with Crippen molar-refractivity contribution in [3.8, 4) is 5.75 Å². The Morgan fingerprint density at radius 1 is 1.08 bits per heavy atom. The number of aryl methyl sites for hydroxylation is 1. The highest BCUT2D eigenvalue weighted by Crippen LogP contribution is 2.35. The Kier molecular flexibility index (Phi) is 9.01. The first-order valence-corrected chi connectivity index (χ1v) is 12.2. The average Bonchev–Trinajstić information content (AvgIpc) is 3.46. The Morgan fingerprint density at radius 2 is 1.84 bits per heavy atom. The third-order valence-electron chi connectivity index (χ3n) is 5.04. The van der Waals surface area contributed by atoms with Gasteiger partial charge in [-0.3, -0.25) is 14.9 Å². The van der Waals surface area contributed by atoms with E-state index in [9.17, 15) is 24.5 Å². The molecule has 12 heteroatoms. The van der Waals surface area contributed by atoms with E-state index in [-0.39, 0.29) is 58.2 Å². The van der Waals surface area contributed by atoms with Gasteiger partial charge in [0.1, 0.15) is 22.2 Å². The fraction of sp³-hybridized carbons (Fsp3) is 0.320. The molecule has 37 heavy (non-hydrogen) atoms. The molecular weight excluding hydrogens is 504 g/mol. The fourth-order valence-electron chi connectivity index (χ4n) is 3.29. The lowest BCUT2D eigenvalue weighted by Gasteiger charge is -2.07. The number of amides is 1. The number of benzene rings is 1. The second-order valence-electron chi connectivity index (χ2n) is 7.85. The Hall–Kier alpha value is -4.19. The number of rotatable bonds is 11. The van der Waals surface area contributed by atoms with E-state index in [1.54, 1.807) is 26.8 Å². The van der Waals surface area contributed by atoms with Gasteiger partial charge in [-0.05, 0) is 56.5 Å². The van der Waals surface area contributed by atoms with E-state index >= 15 is 0 Å². The Labute approximate surface area is 216 Å². The third-order valence-corrected chi connectivity index (χ3v) is 6.23. The molecule has 11 nitrogen and oxygen atoms in total. The fourth-order valence-corrected chi connectivity index (χ4v) is 4.37. The molecule has 0 fully saturated rings. The van der Waals surface area contributed by atoms with Crippen molar-refractivity contribution < 1.29 is 37.9 Å². The highest BCUT2D eigenvalue weighted by Gasteiger charge is 2.28. The van der Waals surface area contributed by atoms with Crippen LogP contribution in [0, 0.1) is 24.0 Å². The van der Waals surface area contributed by atoms with Crippen LogP contribution >= 0.6 is 11.3 Å². The molecule has 0 spiro atoms. The number of nitro benzene ring substituents is 1. The standard InChI is InChI=1S/C25H26N2O9S/c1-5-11-34-24(29)20-15(4)21(25(30)33-6-2)37-23(20)26-22(28)19-10-8-16(36-19)13-35-18-9-7-14(3)12-17(18)27(31)32/h7-10,12H,5-6,11,13H2,1-4H3,(H,26,28). The van der Waals surface area contributed by atoms with Crippen LogP contribution in [0.25, 0.3) is 0 Å². The number of nitro groups is 1. The van der Waals surface area contributed by atoms with Gasteiger partial charge in [0.05, 0.1) is 23.7 Å². The maximum absolute atomic E-state index is 12.9. The van der Waals surface area contributed by atoms with Crippen molar-refractivity contribution >= 4 is 39.9 Å². The summed E-state index contributed by atoms with van der Waals surface area (Å²) in [5.74, 6) is -1.74. The summed E-state index contributed by atoms with van der Waals surface area (Å²) in [7, 11) is 0. The number of thiophene rings is 1. The zero-order chi connectivity index (χ0) is 27.1. The molecular formula is C25H26N2O9S. The second kappa shape index (κ2) is 12.2. The zero-order valence-electron chi connectivity index (χ0n) is 20.7. The second-order valence-corrected chi connectivity index (χ2v) is 8.87. The van der Waals surface area contributed by atoms with Gasteiger partial charge in [-0.25, -0.2) is 9.59 Å². The monoisotopic (exact) mass is 530 g/mol. The number of hydrogen-bond acceptors (Lipinski definition) is 10. The summed E-state index contributed by atoms with van der Waals surface area (Å²) in [5, 5.41) is 14.0. The largest absolute Gasteiger partial charge is 0.479 e. The van der Waals surface area contributed by atoms with E-state index in [2.05, 4.69) is 5.32 Å². The van der Waals surface area contributed by atoms with Gasteiger partial charge in [0.25, 0.3) is 5.91 Å². The molecule has 0 unspecified atom stereocenters. The minimum Gasteiger partial charge on any atom is -0.479 e. The molecule has 3 rings (SSSR count). The van der Waals surface area contributed by atoms with Gasteiger partial charge in [0.2, 0.25) is 0 Å². The number of esters is 2. The molecule has 0 aliphatic heterocycles. The predicted molar refractivity (Wildman–Crippen MR) is 134 cm³/mol. The van der Waals surface area contributed by atoms with Crippen LogP contribution < -0.4 is 10.1 Å². The molecule has 0 saturated carbocycles. The number of carbonyl (C=O) groups is 3. The smallest absolute Gasteiger partial charge is 0.348 e. The van der Waals surface area contributed by atoms with E-state index in [1.165, 1.54) is 24.3 Å². The van der Waals surface area contributed by atoms with E-state index in [0.717, 1.165) is 11.3 Å². The van der Waals surface area contributed by atoms with Gasteiger partial charge < -0.3 is 23.9 Å². The van der Waals surface area contributed by atoms with Gasteiger partial charge >= 0.3 is 17.6 Å². The third kappa shape index (κ3) is 6.53. The van der Waals surface area contributed by atoms with Crippen molar-refractivity contribution in [2.45, 2.75) is 40.7 Å². The number of furan rings is 1. The topological polar surface area (TPSA) is 147 Å². The number of carbonyl (C=O) groups excluding carboxylic acids is 3. The molecule has 0 aliphatic rings. The molecule has 1 amide bonds. The van der Waals surface area contributed by atoms with Gasteiger partial charge in [0.15, 0.2) is 11.5 Å². The van der Waals surface area contributed by atoms with Crippen LogP contribution in [0.3, 0.4) is 0 Å². The highest BCUT2D eigenvalue weighted by molar-refractivity contribution is 7.18. The zero-order valence-corrected chi connectivity index (χ0v) is 21.6. The molecule has 0 bridgehead atoms.